The lowest BCUT2D eigenvalue weighted by Gasteiger charge is -2.26. The van der Waals surface area contributed by atoms with Crippen molar-refractivity contribution in [1.82, 2.24) is 4.90 Å². The topological polar surface area (TPSA) is 50.8 Å². The van der Waals surface area contributed by atoms with Gasteiger partial charge in [0, 0.05) is 18.3 Å². The lowest BCUT2D eigenvalue weighted by Crippen LogP contribution is -2.34. The Morgan fingerprint density at radius 1 is 1.12 bits per heavy atom. The van der Waals surface area contributed by atoms with Gasteiger partial charge in [-0.1, -0.05) is 24.3 Å². The van der Waals surface area contributed by atoms with E-state index in [1.165, 1.54) is 11.1 Å². The van der Waals surface area contributed by atoms with Gasteiger partial charge in [-0.25, -0.2) is 4.79 Å². The average Bonchev–Trinajstić information content (AvgIpc) is 3.11. The summed E-state index contributed by atoms with van der Waals surface area (Å²) < 4.78 is 10.5. The van der Waals surface area contributed by atoms with Gasteiger partial charge in [0.05, 0.1) is 20.3 Å². The maximum absolute atomic E-state index is 12.8. The number of methoxy groups -OCH3 is 2. The van der Waals surface area contributed by atoms with Crippen LogP contribution in [0.25, 0.3) is 0 Å². The van der Waals surface area contributed by atoms with Crippen molar-refractivity contribution in [3.63, 3.8) is 0 Å². The van der Waals surface area contributed by atoms with Crippen LogP contribution in [0.5, 0.6) is 11.5 Å². The molecule has 2 aromatic rings. The van der Waals surface area contributed by atoms with Crippen LogP contribution < -0.4 is 14.8 Å². The fourth-order valence-corrected chi connectivity index (χ4v) is 3.40. The predicted molar refractivity (Wildman–Crippen MR) is 98.4 cm³/mol. The summed E-state index contributed by atoms with van der Waals surface area (Å²) in [4.78, 5) is 14.7. The summed E-state index contributed by atoms with van der Waals surface area (Å²) in [7, 11) is 3.17. The van der Waals surface area contributed by atoms with Crippen LogP contribution >= 0.6 is 0 Å². The average molecular weight is 340 g/mol. The first-order valence-electron chi connectivity index (χ1n) is 8.49. The third-order valence-electron chi connectivity index (χ3n) is 4.70. The number of amides is 2. The number of ether oxygens (including phenoxy) is 2. The zero-order chi connectivity index (χ0) is 17.8. The number of hydrogen-bond acceptors (Lipinski definition) is 3. The summed E-state index contributed by atoms with van der Waals surface area (Å²) in [6.07, 6.45) is 2.00. The van der Waals surface area contributed by atoms with Crippen molar-refractivity contribution in [2.45, 2.75) is 25.8 Å². The molecule has 0 spiro atoms. The number of benzene rings is 2. The van der Waals surface area contributed by atoms with Crippen molar-refractivity contribution in [3.05, 3.63) is 53.6 Å². The van der Waals surface area contributed by atoms with Gasteiger partial charge in [0.2, 0.25) is 0 Å². The number of likely N-dealkylation sites (tertiary alicyclic amines) is 1. The van der Waals surface area contributed by atoms with E-state index in [2.05, 4.69) is 24.4 Å². The van der Waals surface area contributed by atoms with Crippen molar-refractivity contribution in [3.8, 4) is 11.5 Å². The zero-order valence-corrected chi connectivity index (χ0v) is 14.9. The molecule has 1 aliphatic heterocycles. The van der Waals surface area contributed by atoms with Crippen LogP contribution in [0.15, 0.2) is 42.5 Å². The SMILES string of the molecule is COc1ccc(NC(=O)N2CCCC2c2ccccc2C)cc1OC. The maximum atomic E-state index is 12.8. The summed E-state index contributed by atoms with van der Waals surface area (Å²) >= 11 is 0. The number of carbonyl (C=O) groups excluding carboxylic acids is 1. The highest BCUT2D eigenvalue weighted by atomic mass is 16.5. The molecule has 2 aromatic carbocycles. The van der Waals surface area contributed by atoms with Crippen molar-refractivity contribution in [1.29, 1.82) is 0 Å². The number of nitrogens with zero attached hydrogens (tertiary/aromatic N) is 1. The molecule has 5 nitrogen and oxygen atoms in total. The number of rotatable bonds is 4. The molecule has 132 valence electrons. The van der Waals surface area contributed by atoms with Crippen LogP contribution in [0, 0.1) is 6.92 Å². The molecule has 1 heterocycles. The molecule has 1 aliphatic rings. The van der Waals surface area contributed by atoms with Crippen LogP contribution in [0.2, 0.25) is 0 Å². The summed E-state index contributed by atoms with van der Waals surface area (Å²) in [5.74, 6) is 1.23. The second kappa shape index (κ2) is 7.47. The first-order valence-corrected chi connectivity index (χ1v) is 8.49. The van der Waals surface area contributed by atoms with Crippen LogP contribution in [0.1, 0.15) is 30.0 Å². The number of urea groups is 1. The molecule has 1 N–H and O–H groups in total. The van der Waals surface area contributed by atoms with Crippen molar-refractivity contribution in [2.24, 2.45) is 0 Å². The van der Waals surface area contributed by atoms with E-state index in [1.807, 2.05) is 23.1 Å². The van der Waals surface area contributed by atoms with Gasteiger partial charge in [0.1, 0.15) is 0 Å². The van der Waals surface area contributed by atoms with E-state index in [9.17, 15) is 4.79 Å². The summed E-state index contributed by atoms with van der Waals surface area (Å²) in [5.41, 5.74) is 3.14. The highest BCUT2D eigenvalue weighted by Crippen LogP contribution is 2.35. The van der Waals surface area contributed by atoms with Crippen molar-refractivity contribution in [2.75, 3.05) is 26.1 Å². The Morgan fingerprint density at radius 3 is 2.60 bits per heavy atom. The van der Waals surface area contributed by atoms with E-state index < -0.39 is 0 Å². The van der Waals surface area contributed by atoms with Gasteiger partial charge in [-0.05, 0) is 43.0 Å². The van der Waals surface area contributed by atoms with Crippen LogP contribution in [0.4, 0.5) is 10.5 Å². The quantitative estimate of drug-likeness (QED) is 0.898. The molecule has 0 saturated carbocycles. The number of anilines is 1. The molecule has 0 aliphatic carbocycles. The van der Waals surface area contributed by atoms with E-state index in [0.29, 0.717) is 17.2 Å². The van der Waals surface area contributed by atoms with Gasteiger partial charge in [-0.15, -0.1) is 0 Å². The molecule has 25 heavy (non-hydrogen) atoms. The third kappa shape index (κ3) is 3.55. The van der Waals surface area contributed by atoms with Crippen LogP contribution in [-0.2, 0) is 0 Å². The smallest absolute Gasteiger partial charge is 0.322 e. The summed E-state index contributed by atoms with van der Waals surface area (Å²) in [6, 6.07) is 13.7. The van der Waals surface area contributed by atoms with Gasteiger partial charge >= 0.3 is 6.03 Å². The van der Waals surface area contributed by atoms with Crippen molar-refractivity contribution < 1.29 is 14.3 Å². The monoisotopic (exact) mass is 340 g/mol. The highest BCUT2D eigenvalue weighted by molar-refractivity contribution is 5.90. The van der Waals surface area contributed by atoms with E-state index in [0.717, 1.165) is 19.4 Å². The van der Waals surface area contributed by atoms with Gasteiger partial charge in [-0.3, -0.25) is 0 Å². The van der Waals surface area contributed by atoms with Gasteiger partial charge in [-0.2, -0.15) is 0 Å². The minimum atomic E-state index is -0.0852. The number of aryl methyl sites for hydroxylation is 1. The number of nitrogens with one attached hydrogen (secondary N) is 1. The minimum Gasteiger partial charge on any atom is -0.493 e. The lowest BCUT2D eigenvalue weighted by molar-refractivity contribution is 0.207. The molecular weight excluding hydrogens is 316 g/mol. The van der Waals surface area contributed by atoms with Gasteiger partial charge < -0.3 is 19.7 Å². The molecule has 0 aromatic heterocycles. The van der Waals surface area contributed by atoms with E-state index in [-0.39, 0.29) is 12.1 Å². The fraction of sp³-hybridized carbons (Fsp3) is 0.350. The fourth-order valence-electron chi connectivity index (χ4n) is 3.40. The Hall–Kier alpha value is -2.69. The Kier molecular flexibility index (Phi) is 5.12. The maximum Gasteiger partial charge on any atom is 0.322 e. The van der Waals surface area contributed by atoms with E-state index in [4.69, 9.17) is 9.47 Å². The molecule has 1 fully saturated rings. The second-order valence-corrected chi connectivity index (χ2v) is 6.21. The van der Waals surface area contributed by atoms with Gasteiger partial charge in [0.15, 0.2) is 11.5 Å². The normalized spacial score (nSPS) is 16.6. The molecule has 0 radical (unpaired) electrons. The molecule has 1 atom stereocenters. The minimum absolute atomic E-state index is 0.0852. The van der Waals surface area contributed by atoms with E-state index in [1.54, 1.807) is 26.4 Å². The number of carbonyl (C=O) groups is 1. The molecule has 0 bridgehead atoms. The van der Waals surface area contributed by atoms with Crippen LogP contribution in [-0.4, -0.2) is 31.7 Å². The molecule has 1 saturated heterocycles. The first-order chi connectivity index (χ1) is 12.1. The molecule has 2 amide bonds. The predicted octanol–water partition coefficient (Wildman–Crippen LogP) is 4.38. The lowest BCUT2D eigenvalue weighted by atomic mass is 9.99. The van der Waals surface area contributed by atoms with E-state index >= 15 is 0 Å². The Balaban J connectivity index is 1.77. The molecular formula is C20H24N2O3. The zero-order valence-electron chi connectivity index (χ0n) is 14.9. The summed E-state index contributed by atoms with van der Waals surface area (Å²) in [5, 5.41) is 2.98. The molecule has 1 unspecified atom stereocenters. The third-order valence-corrected chi connectivity index (χ3v) is 4.70. The number of hydrogen-bond donors (Lipinski definition) is 1. The molecule has 5 heteroatoms. The second-order valence-electron chi connectivity index (χ2n) is 6.21. The first kappa shape index (κ1) is 17.1. The Morgan fingerprint density at radius 2 is 1.88 bits per heavy atom. The molecule has 3 rings (SSSR count). The Bertz CT molecular complexity index is 760. The van der Waals surface area contributed by atoms with Crippen molar-refractivity contribution >= 4 is 11.7 Å². The van der Waals surface area contributed by atoms with Gasteiger partial charge in [0.25, 0.3) is 0 Å². The largest absolute Gasteiger partial charge is 0.493 e. The standard InChI is InChI=1S/C20H24N2O3/c1-14-7-4-5-8-16(14)17-9-6-12-22(17)20(23)21-15-10-11-18(24-2)19(13-15)25-3/h4-5,7-8,10-11,13,17H,6,9,12H2,1-3H3,(H,21,23). The Labute approximate surface area is 148 Å². The van der Waals surface area contributed by atoms with Crippen LogP contribution in [0.3, 0.4) is 0 Å². The highest BCUT2D eigenvalue weighted by Gasteiger charge is 2.30. The summed E-state index contributed by atoms with van der Waals surface area (Å²) in [6.45, 7) is 2.86.